The Balaban J connectivity index is 1.92. The van der Waals surface area contributed by atoms with Gasteiger partial charge in [-0.05, 0) is 65.0 Å². The van der Waals surface area contributed by atoms with E-state index >= 15 is 0 Å². The molecule has 0 saturated heterocycles. The van der Waals surface area contributed by atoms with Crippen molar-refractivity contribution in [3.8, 4) is 0 Å². The molecule has 1 aliphatic rings. The first-order chi connectivity index (χ1) is 12.4. The molecule has 138 valence electrons. The largest absolute Gasteiger partial charge is 0.462 e. The van der Waals surface area contributed by atoms with Gasteiger partial charge in [-0.2, -0.15) is 4.31 Å². The highest BCUT2D eigenvalue weighted by molar-refractivity contribution is 9.10. The van der Waals surface area contributed by atoms with Gasteiger partial charge in [-0.3, -0.25) is 0 Å². The average Bonchev–Trinajstić information content (AvgIpc) is 3.04. The molecule has 0 aliphatic heterocycles. The average molecular weight is 438 g/mol. The quantitative estimate of drug-likeness (QED) is 0.664. The molecule has 5 nitrogen and oxygen atoms in total. The number of ether oxygens (including phenoxy) is 1. The molecule has 0 aromatic heterocycles. The summed E-state index contributed by atoms with van der Waals surface area (Å²) in [4.78, 5) is 12.0. The molecule has 1 unspecified atom stereocenters. The summed E-state index contributed by atoms with van der Waals surface area (Å²) in [6.07, 6.45) is 1.62. The molecule has 0 bridgehead atoms. The minimum atomic E-state index is -3.72. The van der Waals surface area contributed by atoms with E-state index in [1.165, 1.54) is 28.1 Å². The lowest BCUT2D eigenvalue weighted by molar-refractivity contribution is 0.0526. The van der Waals surface area contributed by atoms with Crippen LogP contribution in [0.5, 0.6) is 0 Å². The molecule has 0 spiro atoms. The Morgan fingerprint density at radius 1 is 1.27 bits per heavy atom. The smallest absolute Gasteiger partial charge is 0.338 e. The van der Waals surface area contributed by atoms with Gasteiger partial charge in [0.1, 0.15) is 0 Å². The van der Waals surface area contributed by atoms with Crippen LogP contribution >= 0.6 is 15.9 Å². The molecule has 0 heterocycles. The summed E-state index contributed by atoms with van der Waals surface area (Å²) in [5.74, 6) is -0.477. The van der Waals surface area contributed by atoms with Gasteiger partial charge in [0.2, 0.25) is 10.0 Å². The van der Waals surface area contributed by atoms with Crippen molar-refractivity contribution in [1.82, 2.24) is 4.31 Å². The topological polar surface area (TPSA) is 63.7 Å². The zero-order valence-electron chi connectivity index (χ0n) is 14.6. The summed E-state index contributed by atoms with van der Waals surface area (Å²) in [6.45, 7) is 1.99. The van der Waals surface area contributed by atoms with E-state index in [4.69, 9.17) is 4.74 Å². The first-order valence-electron chi connectivity index (χ1n) is 8.38. The summed E-state index contributed by atoms with van der Waals surface area (Å²) in [6, 6.07) is 12.2. The van der Waals surface area contributed by atoms with Crippen molar-refractivity contribution in [2.45, 2.75) is 30.7 Å². The number of benzene rings is 2. The van der Waals surface area contributed by atoms with Crippen LogP contribution in [0.3, 0.4) is 0 Å². The van der Waals surface area contributed by atoms with Crippen molar-refractivity contribution in [3.63, 3.8) is 0 Å². The van der Waals surface area contributed by atoms with E-state index in [2.05, 4.69) is 15.9 Å². The number of carbonyl (C=O) groups excluding carboxylic acids is 1. The molecule has 0 saturated carbocycles. The van der Waals surface area contributed by atoms with Gasteiger partial charge in [-0.15, -0.1) is 0 Å². The second-order valence-electron chi connectivity index (χ2n) is 6.14. The number of carbonyl (C=O) groups is 1. The van der Waals surface area contributed by atoms with Crippen LogP contribution in [0.2, 0.25) is 0 Å². The first kappa shape index (κ1) is 19.1. The maximum Gasteiger partial charge on any atom is 0.338 e. The Kier molecular flexibility index (Phi) is 5.50. The molecule has 0 amide bonds. The fourth-order valence-electron chi connectivity index (χ4n) is 3.29. The number of nitrogens with zero attached hydrogens (tertiary/aromatic N) is 1. The second kappa shape index (κ2) is 7.50. The van der Waals surface area contributed by atoms with Gasteiger partial charge in [0, 0.05) is 11.5 Å². The third kappa shape index (κ3) is 3.43. The Labute approximate surface area is 162 Å². The summed E-state index contributed by atoms with van der Waals surface area (Å²) in [5, 5.41) is 0. The van der Waals surface area contributed by atoms with Gasteiger partial charge in [0.15, 0.2) is 0 Å². The first-order valence-corrected chi connectivity index (χ1v) is 10.6. The van der Waals surface area contributed by atoms with Gasteiger partial charge >= 0.3 is 5.97 Å². The van der Waals surface area contributed by atoms with Gasteiger partial charge < -0.3 is 4.74 Å². The van der Waals surface area contributed by atoms with E-state index in [0.29, 0.717) is 10.0 Å². The number of fused-ring (bicyclic) bond motifs is 1. The fourth-order valence-corrected chi connectivity index (χ4v) is 5.69. The highest BCUT2D eigenvalue weighted by Crippen LogP contribution is 2.38. The molecule has 0 fully saturated rings. The standard InChI is InChI=1S/C19H20BrNO4S/c1-3-25-19(22)14-9-11-18(16(20)12-14)26(23,24)21(2)17-10-8-13-6-4-5-7-15(13)17/h4-7,9,11-12,17H,3,8,10H2,1-2H3. The number of hydrogen-bond donors (Lipinski definition) is 0. The molecular formula is C19H20BrNO4S. The highest BCUT2D eigenvalue weighted by Gasteiger charge is 2.34. The van der Waals surface area contributed by atoms with Gasteiger partial charge in [0.25, 0.3) is 0 Å². The minimum Gasteiger partial charge on any atom is -0.462 e. The maximum absolute atomic E-state index is 13.1. The monoisotopic (exact) mass is 437 g/mol. The maximum atomic E-state index is 13.1. The van der Waals surface area contributed by atoms with E-state index in [9.17, 15) is 13.2 Å². The highest BCUT2D eigenvalue weighted by atomic mass is 79.9. The lowest BCUT2D eigenvalue weighted by Gasteiger charge is -2.25. The van der Waals surface area contributed by atoms with Crippen LogP contribution in [-0.2, 0) is 21.2 Å². The SMILES string of the molecule is CCOC(=O)c1ccc(S(=O)(=O)N(C)C2CCc3ccccc32)c(Br)c1. The fraction of sp³-hybridized carbons (Fsp3) is 0.316. The predicted molar refractivity (Wildman–Crippen MR) is 103 cm³/mol. The van der Waals surface area contributed by atoms with E-state index in [1.54, 1.807) is 14.0 Å². The molecule has 2 aromatic carbocycles. The second-order valence-corrected chi connectivity index (χ2v) is 8.96. The zero-order valence-corrected chi connectivity index (χ0v) is 17.0. The predicted octanol–water partition coefficient (Wildman–Crippen LogP) is 3.93. The molecule has 0 radical (unpaired) electrons. The van der Waals surface area contributed by atoms with Gasteiger partial charge in [0.05, 0.1) is 23.1 Å². The van der Waals surface area contributed by atoms with Gasteiger partial charge in [-0.1, -0.05) is 24.3 Å². The number of aryl methyl sites for hydroxylation is 1. The van der Waals surface area contributed by atoms with E-state index in [-0.39, 0.29) is 17.5 Å². The van der Waals surface area contributed by atoms with Crippen molar-refractivity contribution in [1.29, 1.82) is 0 Å². The molecule has 26 heavy (non-hydrogen) atoms. The van der Waals surface area contributed by atoms with Crippen LogP contribution in [0.1, 0.15) is 40.9 Å². The third-order valence-corrected chi connectivity index (χ3v) is 7.48. The van der Waals surface area contributed by atoms with Crippen LogP contribution < -0.4 is 0 Å². The number of esters is 1. The summed E-state index contributed by atoms with van der Waals surface area (Å²) < 4.78 is 33.0. The number of halogens is 1. The number of sulfonamides is 1. The van der Waals surface area contributed by atoms with Crippen molar-refractivity contribution >= 4 is 31.9 Å². The zero-order chi connectivity index (χ0) is 18.9. The number of hydrogen-bond acceptors (Lipinski definition) is 4. The summed E-state index contributed by atoms with van der Waals surface area (Å²) in [7, 11) is -2.11. The van der Waals surface area contributed by atoms with E-state index < -0.39 is 16.0 Å². The van der Waals surface area contributed by atoms with Crippen LogP contribution in [-0.4, -0.2) is 32.3 Å². The Bertz CT molecular complexity index is 942. The molecule has 2 aromatic rings. The summed E-state index contributed by atoms with van der Waals surface area (Å²) >= 11 is 3.30. The van der Waals surface area contributed by atoms with Crippen molar-refractivity contribution in [3.05, 3.63) is 63.6 Å². The molecule has 3 rings (SSSR count). The lowest BCUT2D eigenvalue weighted by Crippen LogP contribution is -2.30. The normalized spacial score (nSPS) is 16.5. The Hall–Kier alpha value is -1.70. The van der Waals surface area contributed by atoms with Crippen LogP contribution in [0.4, 0.5) is 0 Å². The van der Waals surface area contributed by atoms with Crippen molar-refractivity contribution in [2.75, 3.05) is 13.7 Å². The molecule has 0 N–H and O–H groups in total. The number of rotatable bonds is 5. The Morgan fingerprint density at radius 3 is 2.69 bits per heavy atom. The van der Waals surface area contributed by atoms with E-state index in [0.717, 1.165) is 18.4 Å². The van der Waals surface area contributed by atoms with Crippen LogP contribution in [0.15, 0.2) is 51.8 Å². The third-order valence-electron chi connectivity index (χ3n) is 4.64. The molecule has 1 atom stereocenters. The lowest BCUT2D eigenvalue weighted by atomic mass is 10.1. The Morgan fingerprint density at radius 2 is 2.00 bits per heavy atom. The van der Waals surface area contributed by atoms with Crippen molar-refractivity contribution in [2.24, 2.45) is 0 Å². The molecule has 1 aliphatic carbocycles. The minimum absolute atomic E-state index is 0.137. The summed E-state index contributed by atoms with van der Waals surface area (Å²) in [5.41, 5.74) is 2.56. The van der Waals surface area contributed by atoms with Crippen LogP contribution in [0.25, 0.3) is 0 Å². The molecule has 7 heteroatoms. The van der Waals surface area contributed by atoms with Crippen LogP contribution in [0, 0.1) is 0 Å². The van der Waals surface area contributed by atoms with Gasteiger partial charge in [-0.25, -0.2) is 13.2 Å². The van der Waals surface area contributed by atoms with E-state index in [1.807, 2.05) is 24.3 Å². The van der Waals surface area contributed by atoms with Crippen molar-refractivity contribution < 1.29 is 17.9 Å². The molecular weight excluding hydrogens is 418 g/mol.